The smallest absolute Gasteiger partial charge is 0.295 e. The molecule has 0 N–H and O–H groups in total. The van der Waals surface area contributed by atoms with Crippen LogP contribution in [0.3, 0.4) is 0 Å². The van der Waals surface area contributed by atoms with Crippen molar-refractivity contribution in [3.8, 4) is 5.75 Å². The van der Waals surface area contributed by atoms with E-state index in [1.165, 1.54) is 23.5 Å². The molecule has 162 valence electrons. The van der Waals surface area contributed by atoms with Gasteiger partial charge in [0, 0.05) is 11.9 Å². The van der Waals surface area contributed by atoms with Crippen LogP contribution in [0.15, 0.2) is 46.9 Å². The number of amides is 1. The maximum atomic E-state index is 13.6. The fraction of sp³-hybridized carbons (Fsp3) is 0.304. The molecule has 0 fully saturated rings. The summed E-state index contributed by atoms with van der Waals surface area (Å²) in [5.41, 5.74) is 1.21. The third-order valence-corrected chi connectivity index (χ3v) is 5.86. The summed E-state index contributed by atoms with van der Waals surface area (Å²) in [5, 5.41) is 1.32. The van der Waals surface area contributed by atoms with Gasteiger partial charge in [0.05, 0.1) is 16.8 Å². The van der Waals surface area contributed by atoms with Crippen molar-refractivity contribution in [2.45, 2.75) is 13.3 Å². The predicted octanol–water partition coefficient (Wildman–Crippen LogP) is 5.18. The molecule has 0 aliphatic carbocycles. The number of benzene rings is 2. The number of anilines is 1. The largest absolute Gasteiger partial charge is 0.490 e. The topological polar surface area (TPSA) is 58.8 Å². The Morgan fingerprint density at radius 3 is 2.81 bits per heavy atom. The molecule has 2 heterocycles. The van der Waals surface area contributed by atoms with E-state index >= 15 is 0 Å². The van der Waals surface area contributed by atoms with Gasteiger partial charge in [-0.15, -0.1) is 0 Å². The van der Waals surface area contributed by atoms with Crippen LogP contribution in [-0.2, 0) is 0 Å². The number of hydrogen-bond acceptors (Lipinski definition) is 6. The highest BCUT2D eigenvalue weighted by atomic mass is 32.1. The number of thiazole rings is 1. The minimum absolute atomic E-state index is 0.220. The molecule has 0 saturated heterocycles. The van der Waals surface area contributed by atoms with Crippen LogP contribution < -0.4 is 9.64 Å². The summed E-state index contributed by atoms with van der Waals surface area (Å²) in [6, 6.07) is 11.7. The lowest BCUT2D eigenvalue weighted by molar-refractivity contribution is 0.0961. The van der Waals surface area contributed by atoms with Gasteiger partial charge in [0.1, 0.15) is 5.82 Å². The number of halogens is 1. The molecule has 0 saturated carbocycles. The molecule has 0 aliphatic heterocycles. The molecule has 31 heavy (non-hydrogen) atoms. The van der Waals surface area contributed by atoms with E-state index in [-0.39, 0.29) is 17.5 Å². The second kappa shape index (κ2) is 9.03. The molecule has 0 spiro atoms. The highest BCUT2D eigenvalue weighted by Crippen LogP contribution is 2.33. The lowest BCUT2D eigenvalue weighted by atomic mass is 10.2. The SMILES string of the molecule is CCOc1cccc2cc(C(=O)N(CCCN(C)C)c3nc4ccc(F)cc4s3)oc12. The van der Waals surface area contributed by atoms with Gasteiger partial charge >= 0.3 is 0 Å². The Balaban J connectivity index is 1.70. The zero-order valence-electron chi connectivity index (χ0n) is 17.7. The summed E-state index contributed by atoms with van der Waals surface area (Å²) >= 11 is 1.29. The number of carbonyl (C=O) groups excluding carboxylic acids is 1. The monoisotopic (exact) mass is 441 g/mol. The number of hydrogen-bond donors (Lipinski definition) is 0. The third kappa shape index (κ3) is 4.55. The molecule has 4 rings (SSSR count). The summed E-state index contributed by atoms with van der Waals surface area (Å²) < 4.78 is 25.9. The lowest BCUT2D eigenvalue weighted by Crippen LogP contribution is -2.33. The zero-order chi connectivity index (χ0) is 22.0. The van der Waals surface area contributed by atoms with Crippen LogP contribution in [0.4, 0.5) is 9.52 Å². The number of rotatable bonds is 8. The quantitative estimate of drug-likeness (QED) is 0.377. The molecule has 8 heteroatoms. The Morgan fingerprint density at radius 1 is 1.19 bits per heavy atom. The van der Waals surface area contributed by atoms with Crippen molar-refractivity contribution < 1.29 is 18.3 Å². The van der Waals surface area contributed by atoms with Crippen molar-refractivity contribution in [3.63, 3.8) is 0 Å². The minimum Gasteiger partial charge on any atom is -0.490 e. The molecule has 0 bridgehead atoms. The average molecular weight is 442 g/mol. The van der Waals surface area contributed by atoms with Gasteiger partial charge in [0.15, 0.2) is 22.2 Å². The van der Waals surface area contributed by atoms with E-state index in [1.54, 1.807) is 17.0 Å². The number of furan rings is 1. The van der Waals surface area contributed by atoms with Crippen molar-refractivity contribution in [1.29, 1.82) is 0 Å². The Bertz CT molecular complexity index is 1220. The predicted molar refractivity (Wildman–Crippen MR) is 122 cm³/mol. The summed E-state index contributed by atoms with van der Waals surface area (Å²) in [7, 11) is 3.97. The van der Waals surface area contributed by atoms with Crippen LogP contribution in [0.1, 0.15) is 23.9 Å². The summed E-state index contributed by atoms with van der Waals surface area (Å²) in [5.74, 6) is 0.219. The van der Waals surface area contributed by atoms with Gasteiger partial charge in [-0.1, -0.05) is 23.5 Å². The molecular formula is C23H24FN3O3S. The molecule has 6 nitrogen and oxygen atoms in total. The van der Waals surface area contributed by atoms with Crippen molar-refractivity contribution in [2.75, 3.05) is 38.7 Å². The number of carbonyl (C=O) groups is 1. The zero-order valence-corrected chi connectivity index (χ0v) is 18.5. The Morgan fingerprint density at radius 2 is 2.03 bits per heavy atom. The van der Waals surface area contributed by atoms with E-state index in [9.17, 15) is 9.18 Å². The van der Waals surface area contributed by atoms with Crippen molar-refractivity contribution in [3.05, 3.63) is 54.0 Å². The molecule has 0 aliphatic rings. The van der Waals surface area contributed by atoms with Gasteiger partial charge in [-0.25, -0.2) is 9.37 Å². The normalized spacial score (nSPS) is 11.5. The number of fused-ring (bicyclic) bond motifs is 2. The first-order valence-electron chi connectivity index (χ1n) is 10.1. The van der Waals surface area contributed by atoms with Crippen molar-refractivity contribution in [2.24, 2.45) is 0 Å². The molecule has 0 atom stereocenters. The Kier molecular flexibility index (Phi) is 6.20. The van der Waals surface area contributed by atoms with E-state index in [0.29, 0.717) is 39.8 Å². The fourth-order valence-electron chi connectivity index (χ4n) is 3.37. The fourth-order valence-corrected chi connectivity index (χ4v) is 4.39. The third-order valence-electron chi connectivity index (χ3n) is 4.82. The van der Waals surface area contributed by atoms with Crippen molar-refractivity contribution >= 4 is 43.6 Å². The highest BCUT2D eigenvalue weighted by molar-refractivity contribution is 7.22. The second-order valence-corrected chi connectivity index (χ2v) is 8.45. The van der Waals surface area contributed by atoms with Gasteiger partial charge in [-0.3, -0.25) is 9.69 Å². The van der Waals surface area contributed by atoms with E-state index in [1.807, 2.05) is 39.2 Å². The van der Waals surface area contributed by atoms with Crippen molar-refractivity contribution in [1.82, 2.24) is 9.88 Å². The number of para-hydroxylation sites is 1. The maximum absolute atomic E-state index is 13.6. The summed E-state index contributed by atoms with van der Waals surface area (Å²) in [4.78, 5) is 21.7. The van der Waals surface area contributed by atoms with Crippen LogP contribution in [0, 0.1) is 5.82 Å². The van der Waals surface area contributed by atoms with Crippen LogP contribution in [-0.4, -0.2) is 49.6 Å². The van der Waals surface area contributed by atoms with E-state index in [2.05, 4.69) is 9.88 Å². The van der Waals surface area contributed by atoms with Gasteiger partial charge in [-0.2, -0.15) is 0 Å². The lowest BCUT2D eigenvalue weighted by Gasteiger charge is -2.19. The minimum atomic E-state index is -0.325. The highest BCUT2D eigenvalue weighted by Gasteiger charge is 2.25. The average Bonchev–Trinajstić information content (AvgIpc) is 3.35. The van der Waals surface area contributed by atoms with Crippen LogP contribution >= 0.6 is 11.3 Å². The summed E-state index contributed by atoms with van der Waals surface area (Å²) in [6.45, 7) is 3.69. The van der Waals surface area contributed by atoms with E-state index in [4.69, 9.17) is 9.15 Å². The van der Waals surface area contributed by atoms with Crippen LogP contribution in [0.5, 0.6) is 5.75 Å². The van der Waals surface area contributed by atoms with Gasteiger partial charge in [0.25, 0.3) is 5.91 Å². The number of aromatic nitrogens is 1. The maximum Gasteiger partial charge on any atom is 0.295 e. The molecule has 0 unspecified atom stereocenters. The van der Waals surface area contributed by atoms with Gasteiger partial charge in [-0.05, 0) is 64.3 Å². The molecule has 0 radical (unpaired) electrons. The number of ether oxygens (including phenoxy) is 1. The first-order chi connectivity index (χ1) is 15.0. The molecule has 2 aromatic carbocycles. The summed E-state index contributed by atoms with van der Waals surface area (Å²) in [6.07, 6.45) is 0.757. The number of nitrogens with zero attached hydrogens (tertiary/aromatic N) is 3. The first kappa shape index (κ1) is 21.3. The Labute approximate surface area is 183 Å². The molecule has 4 aromatic rings. The van der Waals surface area contributed by atoms with E-state index < -0.39 is 0 Å². The molecule has 1 amide bonds. The first-order valence-corrected chi connectivity index (χ1v) is 11.0. The standard InChI is InChI=1S/C23H24FN3O3S/c1-4-29-18-8-5-7-15-13-19(30-21(15)18)22(28)27(12-6-11-26(2)3)23-25-17-10-9-16(24)14-20(17)31-23/h5,7-10,13-14H,4,6,11-12H2,1-3H3. The van der Waals surface area contributed by atoms with Gasteiger partial charge in [0.2, 0.25) is 0 Å². The van der Waals surface area contributed by atoms with Gasteiger partial charge < -0.3 is 14.1 Å². The van der Waals surface area contributed by atoms with Crippen LogP contribution in [0.25, 0.3) is 21.2 Å². The van der Waals surface area contributed by atoms with Crippen LogP contribution in [0.2, 0.25) is 0 Å². The Hall–Kier alpha value is -2.97. The second-order valence-electron chi connectivity index (χ2n) is 7.44. The molecule has 2 aromatic heterocycles. The van der Waals surface area contributed by atoms with E-state index in [0.717, 1.165) is 18.4 Å². The molecular weight excluding hydrogens is 417 g/mol.